The van der Waals surface area contributed by atoms with Gasteiger partial charge in [-0.25, -0.2) is 10.8 Å². The molecule has 0 aliphatic carbocycles. The number of nitrogens with zero attached hydrogens (tertiary/aromatic N) is 1. The van der Waals surface area contributed by atoms with Crippen molar-refractivity contribution in [3.8, 4) is 0 Å². The Labute approximate surface area is 104 Å². The molecule has 0 saturated heterocycles. The second-order valence-electron chi connectivity index (χ2n) is 3.15. The maximum absolute atomic E-state index is 8.62. The summed E-state index contributed by atoms with van der Waals surface area (Å²) < 4.78 is 0. The van der Waals surface area contributed by atoms with Crippen LogP contribution in [0.5, 0.6) is 0 Å². The molecule has 16 heavy (non-hydrogen) atoms. The van der Waals surface area contributed by atoms with E-state index in [1.165, 1.54) is 0 Å². The third kappa shape index (κ3) is 3.68. The minimum atomic E-state index is 0.180. The molecule has 0 amide bonds. The van der Waals surface area contributed by atoms with Gasteiger partial charge in [0.25, 0.3) is 0 Å². The van der Waals surface area contributed by atoms with E-state index in [1.54, 1.807) is 6.07 Å². The third-order valence-electron chi connectivity index (χ3n) is 1.94. The predicted molar refractivity (Wildman–Crippen MR) is 66.9 cm³/mol. The van der Waals surface area contributed by atoms with Gasteiger partial charge >= 0.3 is 0 Å². The molecule has 0 spiro atoms. The van der Waals surface area contributed by atoms with Gasteiger partial charge in [-0.15, -0.1) is 0 Å². The van der Waals surface area contributed by atoms with Crippen LogP contribution in [0.1, 0.15) is 12.8 Å². The average Bonchev–Trinajstić information content (AvgIpc) is 2.27. The van der Waals surface area contributed by atoms with Gasteiger partial charge in [0.1, 0.15) is 5.82 Å². The van der Waals surface area contributed by atoms with Crippen LogP contribution in [0.3, 0.4) is 0 Å². The smallest absolute Gasteiger partial charge is 0.161 e. The summed E-state index contributed by atoms with van der Waals surface area (Å²) >= 11 is 11.8. The first-order chi connectivity index (χ1) is 7.69. The quantitative estimate of drug-likeness (QED) is 0.358. The van der Waals surface area contributed by atoms with E-state index in [2.05, 4.69) is 15.7 Å². The molecule has 1 aromatic heterocycles. The summed E-state index contributed by atoms with van der Waals surface area (Å²) in [6.07, 6.45) is 1.57. The van der Waals surface area contributed by atoms with Crippen molar-refractivity contribution in [3.05, 3.63) is 16.1 Å². The Kier molecular flexibility index (Phi) is 5.62. The molecule has 90 valence electrons. The molecule has 0 aliphatic heterocycles. The first-order valence-electron chi connectivity index (χ1n) is 4.86. The standard InChI is InChI=1S/C9H14Cl2N4O/c10-6-5-7(11)9(15-12)14-8(6)13-3-1-2-4-16/h5,16H,1-4,12H2,(H2,13,14,15). The van der Waals surface area contributed by atoms with Crippen LogP contribution < -0.4 is 16.6 Å². The number of hydrogen-bond donors (Lipinski definition) is 4. The lowest BCUT2D eigenvalue weighted by Gasteiger charge is -2.10. The Morgan fingerprint density at radius 3 is 2.56 bits per heavy atom. The van der Waals surface area contributed by atoms with Gasteiger partial charge in [-0.3, -0.25) is 0 Å². The Morgan fingerprint density at radius 2 is 1.94 bits per heavy atom. The molecule has 0 aliphatic rings. The number of hydrazine groups is 1. The number of aromatic nitrogens is 1. The normalized spacial score (nSPS) is 10.2. The van der Waals surface area contributed by atoms with E-state index in [-0.39, 0.29) is 6.61 Å². The second-order valence-corrected chi connectivity index (χ2v) is 3.97. The SMILES string of the molecule is NNc1nc(NCCCCO)c(Cl)cc1Cl. The van der Waals surface area contributed by atoms with Gasteiger partial charge in [-0.05, 0) is 18.9 Å². The summed E-state index contributed by atoms with van der Waals surface area (Å²) in [6, 6.07) is 1.57. The average molecular weight is 265 g/mol. The molecule has 0 fully saturated rings. The lowest BCUT2D eigenvalue weighted by atomic mass is 10.3. The molecule has 0 saturated carbocycles. The number of aliphatic hydroxyl groups excluding tert-OH is 1. The number of nitrogens with one attached hydrogen (secondary N) is 2. The fraction of sp³-hybridized carbons (Fsp3) is 0.444. The lowest BCUT2D eigenvalue weighted by Crippen LogP contribution is -2.11. The molecule has 0 radical (unpaired) electrons. The molecule has 1 heterocycles. The van der Waals surface area contributed by atoms with Crippen molar-refractivity contribution < 1.29 is 5.11 Å². The van der Waals surface area contributed by atoms with Gasteiger partial charge in [-0.1, -0.05) is 23.2 Å². The van der Waals surface area contributed by atoms with Crippen LogP contribution >= 0.6 is 23.2 Å². The summed E-state index contributed by atoms with van der Waals surface area (Å²) in [5.74, 6) is 6.14. The van der Waals surface area contributed by atoms with Crippen molar-refractivity contribution in [2.75, 3.05) is 23.9 Å². The van der Waals surface area contributed by atoms with Crippen LogP contribution in [0.4, 0.5) is 11.6 Å². The predicted octanol–water partition coefficient (Wildman–Crippen LogP) is 1.86. The number of anilines is 2. The molecule has 7 heteroatoms. The molecule has 0 aromatic carbocycles. The third-order valence-corrected chi connectivity index (χ3v) is 2.52. The monoisotopic (exact) mass is 264 g/mol. The molecule has 1 aromatic rings. The number of halogens is 2. The highest BCUT2D eigenvalue weighted by Gasteiger charge is 2.07. The first kappa shape index (κ1) is 13.3. The van der Waals surface area contributed by atoms with Crippen molar-refractivity contribution in [2.45, 2.75) is 12.8 Å². The zero-order chi connectivity index (χ0) is 12.0. The number of unbranched alkanes of at least 4 members (excludes halogenated alkanes) is 1. The Hall–Kier alpha value is -0.750. The van der Waals surface area contributed by atoms with Gasteiger partial charge < -0.3 is 15.8 Å². The van der Waals surface area contributed by atoms with Crippen LogP contribution in [-0.4, -0.2) is 23.2 Å². The van der Waals surface area contributed by atoms with Crippen LogP contribution in [0.25, 0.3) is 0 Å². The van der Waals surface area contributed by atoms with Crippen molar-refractivity contribution in [1.82, 2.24) is 4.98 Å². The molecular formula is C9H14Cl2N4O. The van der Waals surface area contributed by atoms with E-state index in [1.807, 2.05) is 0 Å². The molecular weight excluding hydrogens is 251 g/mol. The number of nitrogens with two attached hydrogens (primary N) is 1. The summed E-state index contributed by atoms with van der Waals surface area (Å²) in [4.78, 5) is 4.11. The van der Waals surface area contributed by atoms with Crippen molar-refractivity contribution in [1.29, 1.82) is 0 Å². The summed E-state index contributed by atoms with van der Waals surface area (Å²) in [6.45, 7) is 0.859. The summed E-state index contributed by atoms with van der Waals surface area (Å²) in [7, 11) is 0. The van der Waals surface area contributed by atoms with E-state index in [9.17, 15) is 0 Å². The first-order valence-corrected chi connectivity index (χ1v) is 5.62. The van der Waals surface area contributed by atoms with Crippen molar-refractivity contribution >= 4 is 34.8 Å². The highest BCUT2D eigenvalue weighted by molar-refractivity contribution is 6.37. The van der Waals surface area contributed by atoms with Gasteiger partial charge in [0.15, 0.2) is 5.82 Å². The number of rotatable bonds is 6. The van der Waals surface area contributed by atoms with E-state index < -0.39 is 0 Å². The van der Waals surface area contributed by atoms with Crippen LogP contribution in [0.15, 0.2) is 6.07 Å². The fourth-order valence-corrected chi connectivity index (χ4v) is 1.62. The topological polar surface area (TPSA) is 83.2 Å². The maximum Gasteiger partial charge on any atom is 0.161 e. The van der Waals surface area contributed by atoms with Crippen molar-refractivity contribution in [3.63, 3.8) is 0 Å². The van der Waals surface area contributed by atoms with Gasteiger partial charge in [0.05, 0.1) is 10.0 Å². The van der Waals surface area contributed by atoms with Gasteiger partial charge in [-0.2, -0.15) is 0 Å². The van der Waals surface area contributed by atoms with E-state index in [0.29, 0.717) is 28.2 Å². The fourth-order valence-electron chi connectivity index (χ4n) is 1.14. The van der Waals surface area contributed by atoms with Crippen LogP contribution in [0.2, 0.25) is 10.0 Å². The molecule has 0 unspecified atom stereocenters. The molecule has 0 bridgehead atoms. The second kappa shape index (κ2) is 6.75. The minimum Gasteiger partial charge on any atom is -0.396 e. The maximum atomic E-state index is 8.62. The zero-order valence-corrected chi connectivity index (χ0v) is 10.1. The van der Waals surface area contributed by atoms with Crippen LogP contribution in [-0.2, 0) is 0 Å². The molecule has 0 atom stereocenters. The lowest BCUT2D eigenvalue weighted by molar-refractivity contribution is 0.286. The van der Waals surface area contributed by atoms with E-state index in [0.717, 1.165) is 12.8 Å². The summed E-state index contributed by atoms with van der Waals surface area (Å²) in [5, 5.41) is 12.5. The number of hydrogen-bond acceptors (Lipinski definition) is 5. The number of pyridine rings is 1. The summed E-state index contributed by atoms with van der Waals surface area (Å²) in [5.41, 5.74) is 2.38. The zero-order valence-electron chi connectivity index (χ0n) is 8.63. The number of nitrogen functional groups attached to an aromatic ring is 1. The highest BCUT2D eigenvalue weighted by atomic mass is 35.5. The Balaban J connectivity index is 2.64. The Bertz CT molecular complexity index is 349. The van der Waals surface area contributed by atoms with Crippen LogP contribution in [0, 0.1) is 0 Å². The molecule has 5 N–H and O–H groups in total. The largest absolute Gasteiger partial charge is 0.396 e. The van der Waals surface area contributed by atoms with E-state index >= 15 is 0 Å². The van der Waals surface area contributed by atoms with E-state index in [4.69, 9.17) is 34.2 Å². The Morgan fingerprint density at radius 1 is 1.25 bits per heavy atom. The molecule has 1 rings (SSSR count). The highest BCUT2D eigenvalue weighted by Crippen LogP contribution is 2.28. The molecule has 5 nitrogen and oxygen atoms in total. The van der Waals surface area contributed by atoms with Crippen molar-refractivity contribution in [2.24, 2.45) is 5.84 Å². The minimum absolute atomic E-state index is 0.180. The number of aliphatic hydroxyl groups is 1. The van der Waals surface area contributed by atoms with Gasteiger partial charge in [0.2, 0.25) is 0 Å². The van der Waals surface area contributed by atoms with Gasteiger partial charge in [0, 0.05) is 13.2 Å².